The van der Waals surface area contributed by atoms with E-state index in [9.17, 15) is 19.5 Å². The lowest BCUT2D eigenvalue weighted by atomic mass is 10.0. The average Bonchev–Trinajstić information content (AvgIpc) is 2.66. The number of pyridine rings is 1. The fourth-order valence-corrected chi connectivity index (χ4v) is 4.66. The van der Waals surface area contributed by atoms with E-state index in [2.05, 4.69) is 0 Å². The van der Waals surface area contributed by atoms with Crippen molar-refractivity contribution in [2.24, 2.45) is 5.73 Å². The lowest BCUT2D eigenvalue weighted by Gasteiger charge is -2.47. The maximum absolute atomic E-state index is 11.9. The standard InChI is InChI=1S/C17H17N3O5S2/c18-13-15(23)20-14(17(24)25)10(8-27-16(13)20)2-1-5-19-6-3-11(4-7-19)26-9-12(21)22/h1-4,6-7,13,16H,5,8-9,18H2,(H-,21,22,24,25)/p+1/t13-,16-/m1/s1. The predicted molar refractivity (Wildman–Crippen MR) is 99.9 cm³/mol. The number of hydrogen-bond acceptors (Lipinski definition) is 6. The monoisotopic (exact) mass is 408 g/mol. The van der Waals surface area contributed by atoms with Crippen LogP contribution >= 0.6 is 23.5 Å². The highest BCUT2D eigenvalue weighted by Gasteiger charge is 2.51. The fraction of sp³-hybridized carbons (Fsp3) is 0.294. The maximum Gasteiger partial charge on any atom is 0.352 e. The van der Waals surface area contributed by atoms with Gasteiger partial charge in [0.05, 0.1) is 5.75 Å². The molecular weight excluding hydrogens is 390 g/mol. The topological polar surface area (TPSA) is 125 Å². The molecular formula is C17H18N3O5S2+. The molecule has 142 valence electrons. The number of β-lactam (4-membered cyclic amide) rings is 1. The van der Waals surface area contributed by atoms with E-state index >= 15 is 0 Å². The van der Waals surface area contributed by atoms with Crippen LogP contribution in [-0.4, -0.2) is 55.9 Å². The van der Waals surface area contributed by atoms with Crippen LogP contribution in [0, 0.1) is 0 Å². The van der Waals surface area contributed by atoms with E-state index in [1.165, 1.54) is 28.4 Å². The third-order valence-electron chi connectivity index (χ3n) is 4.10. The molecule has 10 heteroatoms. The molecule has 4 N–H and O–H groups in total. The smallest absolute Gasteiger partial charge is 0.352 e. The molecule has 3 heterocycles. The number of rotatable bonds is 7. The van der Waals surface area contributed by atoms with Gasteiger partial charge >= 0.3 is 11.9 Å². The summed E-state index contributed by atoms with van der Waals surface area (Å²) in [7, 11) is 0. The highest BCUT2D eigenvalue weighted by Crippen LogP contribution is 2.39. The fourth-order valence-electron chi connectivity index (χ4n) is 2.79. The van der Waals surface area contributed by atoms with E-state index in [1.54, 1.807) is 6.08 Å². The van der Waals surface area contributed by atoms with Crippen LogP contribution in [0.1, 0.15) is 0 Å². The first-order valence-electron chi connectivity index (χ1n) is 8.05. The van der Waals surface area contributed by atoms with Crippen molar-refractivity contribution in [2.75, 3.05) is 11.5 Å². The lowest BCUT2D eigenvalue weighted by molar-refractivity contribution is -0.687. The number of fused-ring (bicyclic) bond motifs is 1. The van der Waals surface area contributed by atoms with Crippen molar-refractivity contribution in [3.63, 3.8) is 0 Å². The Morgan fingerprint density at radius 3 is 2.70 bits per heavy atom. The number of carboxylic acid groups (broad SMARTS) is 2. The van der Waals surface area contributed by atoms with Gasteiger partial charge in [-0.2, -0.15) is 0 Å². The van der Waals surface area contributed by atoms with Crippen LogP contribution in [0.2, 0.25) is 0 Å². The van der Waals surface area contributed by atoms with Crippen LogP contribution in [0.15, 0.2) is 52.8 Å². The Labute approximate surface area is 163 Å². The minimum absolute atomic E-state index is 0.00659. The molecule has 0 aliphatic carbocycles. The van der Waals surface area contributed by atoms with E-state index in [4.69, 9.17) is 10.8 Å². The van der Waals surface area contributed by atoms with Crippen molar-refractivity contribution in [3.05, 3.63) is 47.9 Å². The number of thioether (sulfide) groups is 2. The summed E-state index contributed by atoms with van der Waals surface area (Å²) in [6.45, 7) is 0.516. The van der Waals surface area contributed by atoms with Crippen molar-refractivity contribution in [1.82, 2.24) is 4.90 Å². The second-order valence-electron chi connectivity index (χ2n) is 5.93. The van der Waals surface area contributed by atoms with Gasteiger partial charge in [-0.05, 0) is 11.6 Å². The van der Waals surface area contributed by atoms with E-state index in [0.29, 0.717) is 17.9 Å². The quantitative estimate of drug-likeness (QED) is 0.334. The molecule has 3 rings (SSSR count). The van der Waals surface area contributed by atoms with Crippen molar-refractivity contribution in [1.29, 1.82) is 0 Å². The summed E-state index contributed by atoms with van der Waals surface area (Å²) in [6.07, 6.45) is 7.20. The first-order valence-corrected chi connectivity index (χ1v) is 10.1. The van der Waals surface area contributed by atoms with Crippen LogP contribution in [0.25, 0.3) is 0 Å². The summed E-state index contributed by atoms with van der Waals surface area (Å²) < 4.78 is 1.88. The molecule has 2 aliphatic heterocycles. The third-order valence-corrected chi connectivity index (χ3v) is 6.42. The number of carboxylic acids is 2. The molecule has 0 spiro atoms. The molecule has 0 bridgehead atoms. The van der Waals surface area contributed by atoms with Gasteiger partial charge < -0.3 is 15.9 Å². The van der Waals surface area contributed by atoms with Gasteiger partial charge in [0.2, 0.25) is 5.91 Å². The maximum atomic E-state index is 11.9. The SMILES string of the molecule is N[C@@H]1C(=O)N2C(C(=O)O)=C(C=CC[n+]3ccc(SCC(=O)O)cc3)CS[C@H]12. The average molecular weight is 408 g/mol. The van der Waals surface area contributed by atoms with Crippen molar-refractivity contribution in [3.8, 4) is 0 Å². The van der Waals surface area contributed by atoms with Gasteiger partial charge in [0.1, 0.15) is 17.1 Å². The molecule has 0 aromatic carbocycles. The molecule has 2 atom stereocenters. The number of allylic oxidation sites excluding steroid dienone is 2. The molecule has 2 aliphatic rings. The highest BCUT2D eigenvalue weighted by atomic mass is 32.2. The first kappa shape index (κ1) is 19.5. The Morgan fingerprint density at radius 1 is 1.37 bits per heavy atom. The van der Waals surface area contributed by atoms with E-state index in [0.717, 1.165) is 4.90 Å². The van der Waals surface area contributed by atoms with Crippen molar-refractivity contribution in [2.45, 2.75) is 22.9 Å². The zero-order chi connectivity index (χ0) is 19.6. The predicted octanol–water partition coefficient (Wildman–Crippen LogP) is 0.288. The number of nitrogens with zero attached hydrogens (tertiary/aromatic N) is 2. The van der Waals surface area contributed by atoms with Crippen molar-refractivity contribution >= 4 is 41.4 Å². The summed E-state index contributed by atoms with van der Waals surface area (Å²) in [6, 6.07) is 3.01. The van der Waals surface area contributed by atoms with Gasteiger partial charge in [-0.1, -0.05) is 6.08 Å². The number of carbonyl (C=O) groups excluding carboxylic acids is 1. The summed E-state index contributed by atoms with van der Waals surface area (Å²) in [4.78, 5) is 36.2. The minimum Gasteiger partial charge on any atom is -0.481 e. The van der Waals surface area contributed by atoms with Crippen molar-refractivity contribution < 1.29 is 29.2 Å². The second-order valence-corrected chi connectivity index (χ2v) is 8.08. The van der Waals surface area contributed by atoms with Gasteiger partial charge in [0.25, 0.3) is 0 Å². The van der Waals surface area contributed by atoms with Crippen LogP contribution in [0.3, 0.4) is 0 Å². The van der Waals surface area contributed by atoms with Crippen LogP contribution < -0.4 is 10.3 Å². The Bertz CT molecular complexity index is 837. The largest absolute Gasteiger partial charge is 0.481 e. The number of nitrogens with two attached hydrogens (primary N) is 1. The zero-order valence-electron chi connectivity index (χ0n) is 14.1. The first-order chi connectivity index (χ1) is 12.9. The van der Waals surface area contributed by atoms with E-state index in [-0.39, 0.29) is 22.7 Å². The molecule has 1 amide bonds. The summed E-state index contributed by atoms with van der Waals surface area (Å²) in [5.74, 6) is -1.87. The third kappa shape index (κ3) is 4.18. The molecule has 0 radical (unpaired) electrons. The van der Waals surface area contributed by atoms with Gasteiger partial charge in [-0.25, -0.2) is 9.36 Å². The van der Waals surface area contributed by atoms with Gasteiger partial charge in [-0.3, -0.25) is 14.5 Å². The Hall–Kier alpha value is -2.30. The van der Waals surface area contributed by atoms with Gasteiger partial charge in [-0.15, -0.1) is 23.5 Å². The highest BCUT2D eigenvalue weighted by molar-refractivity contribution is 8.00. The number of aromatic nitrogens is 1. The molecule has 0 saturated carbocycles. The molecule has 1 fully saturated rings. The molecule has 27 heavy (non-hydrogen) atoms. The normalized spacial score (nSPS) is 22.0. The number of amides is 1. The molecule has 1 aromatic heterocycles. The molecule has 8 nitrogen and oxygen atoms in total. The van der Waals surface area contributed by atoms with Crippen LogP contribution in [0.4, 0.5) is 0 Å². The van der Waals surface area contributed by atoms with Crippen LogP contribution in [-0.2, 0) is 20.9 Å². The Kier molecular flexibility index (Phi) is 5.88. The Balaban J connectivity index is 1.67. The Morgan fingerprint density at radius 2 is 2.07 bits per heavy atom. The number of aliphatic carboxylic acids is 2. The summed E-state index contributed by atoms with van der Waals surface area (Å²) in [5, 5.41) is 17.9. The van der Waals surface area contributed by atoms with Gasteiger partial charge in [0, 0.05) is 22.8 Å². The minimum atomic E-state index is -1.13. The number of hydrogen-bond donors (Lipinski definition) is 3. The molecule has 1 aromatic rings. The van der Waals surface area contributed by atoms with E-state index < -0.39 is 18.0 Å². The van der Waals surface area contributed by atoms with E-state index in [1.807, 2.05) is 35.2 Å². The zero-order valence-corrected chi connectivity index (χ0v) is 15.8. The lowest BCUT2D eigenvalue weighted by Crippen LogP contribution is -2.68. The van der Waals surface area contributed by atoms with Crippen LogP contribution in [0.5, 0.6) is 0 Å². The summed E-state index contributed by atoms with van der Waals surface area (Å²) >= 11 is 2.70. The molecule has 0 unspecified atom stereocenters. The van der Waals surface area contributed by atoms with Gasteiger partial charge in [0.15, 0.2) is 18.9 Å². The molecule has 1 saturated heterocycles. The number of carbonyl (C=O) groups is 3. The summed E-state index contributed by atoms with van der Waals surface area (Å²) in [5.41, 5.74) is 6.32. The second kappa shape index (κ2) is 8.15.